The Hall–Kier alpha value is -1.05. The molecule has 17 heavy (non-hydrogen) atoms. The van der Waals surface area contributed by atoms with Crippen LogP contribution in [-0.2, 0) is 0 Å². The number of hydrogen-bond acceptors (Lipinski definition) is 1. The lowest BCUT2D eigenvalue weighted by atomic mass is 9.76. The molecule has 1 aromatic carbocycles. The Balaban J connectivity index is 2.08. The minimum Gasteiger partial charge on any atom is -0.505 e. The van der Waals surface area contributed by atoms with E-state index < -0.39 is 5.82 Å². The third-order valence-corrected chi connectivity index (χ3v) is 3.92. The number of phenolic OH excluding ortho intramolecular Hbond substituents is 1. The molecule has 1 saturated carbocycles. The van der Waals surface area contributed by atoms with Crippen LogP contribution in [0.4, 0.5) is 4.39 Å². The van der Waals surface area contributed by atoms with Crippen molar-refractivity contribution in [2.45, 2.75) is 51.4 Å². The van der Waals surface area contributed by atoms with Crippen molar-refractivity contribution in [2.75, 3.05) is 0 Å². The maximum Gasteiger partial charge on any atom is 0.165 e. The highest BCUT2D eigenvalue weighted by atomic mass is 19.1. The Morgan fingerprint density at radius 1 is 1.35 bits per heavy atom. The normalized spacial score (nSPS) is 24.8. The summed E-state index contributed by atoms with van der Waals surface area (Å²) in [6, 6.07) is 4.86. The van der Waals surface area contributed by atoms with E-state index in [9.17, 15) is 9.50 Å². The number of halogens is 1. The summed E-state index contributed by atoms with van der Waals surface area (Å²) in [5.41, 5.74) is 1.06. The molecule has 1 nitrogen and oxygen atoms in total. The molecule has 0 saturated heterocycles. The standard InChI is InChI=1S/C15H21FO/c1-2-4-11-5-3-6-12(9-11)13-7-8-15(17)14(16)10-13/h7-8,10-12,17H,2-6,9H2,1H3/t11-,12-/m0/s1. The Kier molecular flexibility index (Phi) is 4.03. The molecule has 0 aliphatic heterocycles. The van der Waals surface area contributed by atoms with Crippen LogP contribution in [0.1, 0.15) is 56.9 Å². The predicted octanol–water partition coefficient (Wildman–Crippen LogP) is 4.61. The fourth-order valence-electron chi connectivity index (χ4n) is 3.04. The number of aromatic hydroxyl groups is 1. The monoisotopic (exact) mass is 236 g/mol. The first-order chi connectivity index (χ1) is 8.20. The van der Waals surface area contributed by atoms with E-state index in [0.29, 0.717) is 5.92 Å². The third kappa shape index (κ3) is 2.99. The second-order valence-corrected chi connectivity index (χ2v) is 5.23. The van der Waals surface area contributed by atoms with Crippen LogP contribution in [0, 0.1) is 11.7 Å². The lowest BCUT2D eigenvalue weighted by Gasteiger charge is -2.29. The van der Waals surface area contributed by atoms with Crippen LogP contribution >= 0.6 is 0 Å². The van der Waals surface area contributed by atoms with E-state index in [2.05, 4.69) is 6.92 Å². The lowest BCUT2D eigenvalue weighted by molar-refractivity contribution is 0.303. The topological polar surface area (TPSA) is 20.2 Å². The fourth-order valence-corrected chi connectivity index (χ4v) is 3.04. The molecule has 0 bridgehead atoms. The maximum atomic E-state index is 13.3. The predicted molar refractivity (Wildman–Crippen MR) is 67.7 cm³/mol. The molecule has 1 aliphatic carbocycles. The van der Waals surface area contributed by atoms with Crippen molar-refractivity contribution in [3.05, 3.63) is 29.6 Å². The van der Waals surface area contributed by atoms with E-state index in [1.54, 1.807) is 0 Å². The summed E-state index contributed by atoms with van der Waals surface area (Å²) in [6.45, 7) is 2.23. The molecule has 0 spiro atoms. The van der Waals surface area contributed by atoms with E-state index in [4.69, 9.17) is 0 Å². The lowest BCUT2D eigenvalue weighted by Crippen LogP contribution is -2.14. The van der Waals surface area contributed by atoms with Crippen molar-refractivity contribution < 1.29 is 9.50 Å². The van der Waals surface area contributed by atoms with E-state index in [1.807, 2.05) is 6.07 Å². The van der Waals surface area contributed by atoms with Gasteiger partial charge in [0.05, 0.1) is 0 Å². The smallest absolute Gasteiger partial charge is 0.165 e. The molecule has 1 aliphatic rings. The van der Waals surface area contributed by atoms with Crippen LogP contribution in [0.2, 0.25) is 0 Å². The summed E-state index contributed by atoms with van der Waals surface area (Å²) < 4.78 is 13.3. The summed E-state index contributed by atoms with van der Waals surface area (Å²) in [6.07, 6.45) is 7.43. The molecule has 1 N–H and O–H groups in total. The van der Waals surface area contributed by atoms with Crippen molar-refractivity contribution in [3.63, 3.8) is 0 Å². The number of benzene rings is 1. The van der Waals surface area contributed by atoms with Gasteiger partial charge in [-0.2, -0.15) is 0 Å². The van der Waals surface area contributed by atoms with Gasteiger partial charge in [-0.3, -0.25) is 0 Å². The van der Waals surface area contributed by atoms with Crippen molar-refractivity contribution in [1.82, 2.24) is 0 Å². The zero-order chi connectivity index (χ0) is 12.3. The Morgan fingerprint density at radius 2 is 2.18 bits per heavy atom. The van der Waals surface area contributed by atoms with Gasteiger partial charge in [-0.15, -0.1) is 0 Å². The van der Waals surface area contributed by atoms with Gasteiger partial charge in [0.1, 0.15) is 0 Å². The fraction of sp³-hybridized carbons (Fsp3) is 0.600. The van der Waals surface area contributed by atoms with Gasteiger partial charge in [0.2, 0.25) is 0 Å². The van der Waals surface area contributed by atoms with Crippen LogP contribution in [0.5, 0.6) is 5.75 Å². The highest BCUT2D eigenvalue weighted by Gasteiger charge is 2.23. The van der Waals surface area contributed by atoms with Crippen LogP contribution in [-0.4, -0.2) is 5.11 Å². The van der Waals surface area contributed by atoms with Gasteiger partial charge in [0.25, 0.3) is 0 Å². The van der Waals surface area contributed by atoms with Crippen LogP contribution in [0.3, 0.4) is 0 Å². The maximum absolute atomic E-state index is 13.3. The molecule has 0 radical (unpaired) electrons. The minimum atomic E-state index is -0.486. The number of hydrogen-bond donors (Lipinski definition) is 1. The van der Waals surface area contributed by atoms with Gasteiger partial charge in [0, 0.05) is 0 Å². The number of rotatable bonds is 3. The Bertz CT molecular complexity index is 373. The summed E-state index contributed by atoms with van der Waals surface area (Å²) in [7, 11) is 0. The summed E-state index contributed by atoms with van der Waals surface area (Å²) >= 11 is 0. The van der Waals surface area contributed by atoms with E-state index in [-0.39, 0.29) is 5.75 Å². The van der Waals surface area contributed by atoms with Gasteiger partial charge in [-0.25, -0.2) is 4.39 Å². The molecule has 0 aromatic heterocycles. The second kappa shape index (κ2) is 5.52. The van der Waals surface area contributed by atoms with Gasteiger partial charge >= 0.3 is 0 Å². The largest absolute Gasteiger partial charge is 0.505 e. The second-order valence-electron chi connectivity index (χ2n) is 5.23. The molecule has 2 atom stereocenters. The first-order valence-electron chi connectivity index (χ1n) is 6.69. The Labute approximate surface area is 103 Å². The zero-order valence-electron chi connectivity index (χ0n) is 10.5. The van der Waals surface area contributed by atoms with E-state index in [1.165, 1.54) is 44.2 Å². The average molecular weight is 236 g/mol. The van der Waals surface area contributed by atoms with Gasteiger partial charge in [-0.1, -0.05) is 38.7 Å². The zero-order valence-corrected chi connectivity index (χ0v) is 10.5. The van der Waals surface area contributed by atoms with Crippen molar-refractivity contribution in [1.29, 1.82) is 0 Å². The molecule has 1 fully saturated rings. The minimum absolute atomic E-state index is 0.241. The summed E-state index contributed by atoms with van der Waals surface area (Å²) in [5, 5.41) is 9.20. The van der Waals surface area contributed by atoms with E-state index >= 15 is 0 Å². The van der Waals surface area contributed by atoms with Gasteiger partial charge in [-0.05, 0) is 42.4 Å². The van der Waals surface area contributed by atoms with Crippen molar-refractivity contribution >= 4 is 0 Å². The van der Waals surface area contributed by atoms with Gasteiger partial charge in [0.15, 0.2) is 11.6 Å². The molecule has 1 aromatic rings. The summed E-state index contributed by atoms with van der Waals surface area (Å²) in [5.74, 6) is 0.556. The highest BCUT2D eigenvalue weighted by molar-refractivity contribution is 5.30. The average Bonchev–Trinajstić information content (AvgIpc) is 2.33. The molecule has 0 amide bonds. The van der Waals surface area contributed by atoms with E-state index in [0.717, 1.165) is 17.9 Å². The SMILES string of the molecule is CCC[C@H]1CCC[C@H](c2ccc(O)c(F)c2)C1. The van der Waals surface area contributed by atoms with Crippen LogP contribution < -0.4 is 0 Å². The Morgan fingerprint density at radius 3 is 2.88 bits per heavy atom. The summed E-state index contributed by atoms with van der Waals surface area (Å²) in [4.78, 5) is 0. The molecule has 0 heterocycles. The van der Waals surface area contributed by atoms with Crippen molar-refractivity contribution in [3.8, 4) is 5.75 Å². The molecular formula is C15H21FO. The first-order valence-corrected chi connectivity index (χ1v) is 6.69. The highest BCUT2D eigenvalue weighted by Crippen LogP contribution is 2.38. The molecule has 94 valence electrons. The molecule has 2 heteroatoms. The molecule has 2 rings (SSSR count). The molecular weight excluding hydrogens is 215 g/mol. The van der Waals surface area contributed by atoms with Crippen LogP contribution in [0.25, 0.3) is 0 Å². The molecule has 0 unspecified atom stereocenters. The quantitative estimate of drug-likeness (QED) is 0.812. The van der Waals surface area contributed by atoms with Gasteiger partial charge < -0.3 is 5.11 Å². The third-order valence-electron chi connectivity index (χ3n) is 3.92. The van der Waals surface area contributed by atoms with Crippen LogP contribution in [0.15, 0.2) is 18.2 Å². The number of phenols is 1. The van der Waals surface area contributed by atoms with Crippen molar-refractivity contribution in [2.24, 2.45) is 5.92 Å². The first kappa shape index (κ1) is 12.4.